The van der Waals surface area contributed by atoms with E-state index in [1.807, 2.05) is 18.2 Å². The molecule has 1 aliphatic carbocycles. The summed E-state index contributed by atoms with van der Waals surface area (Å²) in [4.78, 5) is 42.6. The monoisotopic (exact) mass is 696 g/mol. The van der Waals surface area contributed by atoms with Crippen LogP contribution in [0.3, 0.4) is 0 Å². The molecule has 0 aromatic heterocycles. The Balaban J connectivity index is 1.38. The standard InChI is InChI=1S/C33H41F5N6O5/c1-2-32(34,35)23-17-20(18-24(27(23)40)33(36,37)38)19-26(28(45)43-13-7-21(8-14-43)41-12-11-39)48-30(47)44-15-9-31(10-16-44)22-5-3-4-6-25(22)42-29(46)49-31/h2-5,17-18,21,25-26,41H,1,6-16,19,39-40H2,(H,42,46)/t25?,26-/m1/s1. The Kier molecular flexibility index (Phi) is 10.6. The van der Waals surface area contributed by atoms with E-state index >= 15 is 0 Å². The number of ether oxygens (including phenoxy) is 2. The second kappa shape index (κ2) is 14.4. The number of likely N-dealkylation sites (tertiary alicyclic amines) is 2. The van der Waals surface area contributed by atoms with Crippen molar-refractivity contribution in [3.8, 4) is 0 Å². The number of nitrogens with two attached hydrogens (primary N) is 2. The number of anilines is 1. The Morgan fingerprint density at radius 1 is 1.12 bits per heavy atom. The highest BCUT2D eigenvalue weighted by atomic mass is 19.4. The average Bonchev–Trinajstić information content (AvgIpc) is 3.07. The van der Waals surface area contributed by atoms with Crippen LogP contribution < -0.4 is 22.1 Å². The second-order valence-electron chi connectivity index (χ2n) is 12.7. The van der Waals surface area contributed by atoms with Gasteiger partial charge in [0.2, 0.25) is 0 Å². The lowest BCUT2D eigenvalue weighted by Gasteiger charge is -2.47. The van der Waals surface area contributed by atoms with Crippen LogP contribution in [0.25, 0.3) is 0 Å². The first-order valence-electron chi connectivity index (χ1n) is 16.2. The van der Waals surface area contributed by atoms with E-state index < -0.39 is 65.1 Å². The molecule has 3 amide bonds. The van der Waals surface area contributed by atoms with Crippen LogP contribution in [0.4, 0.5) is 37.2 Å². The number of halogens is 5. The maximum atomic E-state index is 14.7. The first-order chi connectivity index (χ1) is 23.2. The van der Waals surface area contributed by atoms with E-state index in [1.165, 1.54) is 9.80 Å². The molecule has 2 atom stereocenters. The van der Waals surface area contributed by atoms with Crippen molar-refractivity contribution >= 4 is 23.8 Å². The van der Waals surface area contributed by atoms with E-state index in [2.05, 4.69) is 17.2 Å². The minimum Gasteiger partial charge on any atom is -0.438 e. The highest BCUT2D eigenvalue weighted by molar-refractivity contribution is 5.84. The van der Waals surface area contributed by atoms with Gasteiger partial charge in [0.1, 0.15) is 5.60 Å². The van der Waals surface area contributed by atoms with Crippen molar-refractivity contribution < 1.29 is 45.8 Å². The number of carbonyl (C=O) groups excluding carboxylic acids is 3. The molecular formula is C33H41F5N6O5. The van der Waals surface area contributed by atoms with Gasteiger partial charge in [-0.1, -0.05) is 24.8 Å². The molecule has 3 heterocycles. The van der Waals surface area contributed by atoms with Crippen LogP contribution in [0.5, 0.6) is 0 Å². The number of benzene rings is 1. The molecule has 0 bridgehead atoms. The number of hydrogen-bond donors (Lipinski definition) is 4. The number of rotatable bonds is 9. The highest BCUT2D eigenvalue weighted by Crippen LogP contribution is 2.43. The Morgan fingerprint density at radius 3 is 2.43 bits per heavy atom. The lowest BCUT2D eigenvalue weighted by molar-refractivity contribution is -0.142. The van der Waals surface area contributed by atoms with Gasteiger partial charge in [-0.3, -0.25) is 4.79 Å². The van der Waals surface area contributed by atoms with Crippen molar-refractivity contribution in [2.75, 3.05) is 45.0 Å². The molecule has 1 unspecified atom stereocenters. The smallest absolute Gasteiger partial charge is 0.418 e. The fourth-order valence-electron chi connectivity index (χ4n) is 6.92. The number of piperidine rings is 2. The number of allylic oxidation sites excluding steroid dienone is 3. The Morgan fingerprint density at radius 2 is 1.80 bits per heavy atom. The van der Waals surface area contributed by atoms with Crippen molar-refractivity contribution in [1.82, 2.24) is 20.4 Å². The van der Waals surface area contributed by atoms with Crippen molar-refractivity contribution in [2.24, 2.45) is 5.73 Å². The van der Waals surface area contributed by atoms with Crippen LogP contribution in [-0.2, 0) is 32.8 Å². The predicted octanol–water partition coefficient (Wildman–Crippen LogP) is 3.98. The first kappa shape index (κ1) is 36.1. The molecule has 268 valence electrons. The van der Waals surface area contributed by atoms with Crippen LogP contribution in [0.1, 0.15) is 48.8 Å². The third-order valence-electron chi connectivity index (χ3n) is 9.58. The highest BCUT2D eigenvalue weighted by Gasteiger charge is 2.49. The topological polar surface area (TPSA) is 152 Å². The normalized spacial score (nSPS) is 21.7. The van der Waals surface area contributed by atoms with Crippen molar-refractivity contribution in [3.05, 3.63) is 65.3 Å². The molecule has 4 aliphatic rings. The van der Waals surface area contributed by atoms with Crippen LogP contribution in [0.2, 0.25) is 0 Å². The molecule has 3 aliphatic heterocycles. The van der Waals surface area contributed by atoms with Crippen LogP contribution in [0.15, 0.2) is 48.6 Å². The summed E-state index contributed by atoms with van der Waals surface area (Å²) < 4.78 is 82.9. The van der Waals surface area contributed by atoms with Crippen molar-refractivity contribution in [3.63, 3.8) is 0 Å². The van der Waals surface area contributed by atoms with Crippen LogP contribution >= 0.6 is 0 Å². The van der Waals surface area contributed by atoms with Gasteiger partial charge < -0.3 is 41.4 Å². The SMILES string of the molecule is C=CC(F)(F)c1cc(C[C@@H](OC(=O)N2CCC3(CC2)OC(=O)NC2CC=CC=C23)C(=O)N2CCC(NCCN)CC2)cc(C(F)(F)F)c1N. The fourth-order valence-corrected chi connectivity index (χ4v) is 6.92. The third kappa shape index (κ3) is 7.85. The molecule has 0 radical (unpaired) electrons. The molecule has 16 heteroatoms. The maximum absolute atomic E-state index is 14.7. The first-order valence-corrected chi connectivity index (χ1v) is 16.2. The summed E-state index contributed by atoms with van der Waals surface area (Å²) in [6.45, 7) is 4.75. The molecular weight excluding hydrogens is 655 g/mol. The summed E-state index contributed by atoms with van der Waals surface area (Å²) in [5.74, 6) is -4.59. The molecule has 1 aromatic carbocycles. The summed E-state index contributed by atoms with van der Waals surface area (Å²) in [7, 11) is 0. The number of nitrogens with one attached hydrogen (secondary N) is 2. The third-order valence-corrected chi connectivity index (χ3v) is 9.58. The maximum Gasteiger partial charge on any atom is 0.418 e. The Bertz CT molecular complexity index is 1500. The summed E-state index contributed by atoms with van der Waals surface area (Å²) in [6.07, 6.45) is -0.764. The lowest BCUT2D eigenvalue weighted by Crippen LogP contribution is -2.59. The molecule has 49 heavy (non-hydrogen) atoms. The van der Waals surface area contributed by atoms with Gasteiger partial charge in [0.25, 0.3) is 11.8 Å². The zero-order valence-electron chi connectivity index (χ0n) is 26.9. The number of nitrogens with zero attached hydrogens (tertiary/aromatic N) is 2. The number of nitrogen functional groups attached to an aromatic ring is 1. The minimum absolute atomic E-state index is 0.0860. The zero-order chi connectivity index (χ0) is 35.6. The van der Waals surface area contributed by atoms with Gasteiger partial charge in [-0.05, 0) is 48.6 Å². The number of fused-ring (bicyclic) bond motifs is 2. The average molecular weight is 697 g/mol. The summed E-state index contributed by atoms with van der Waals surface area (Å²) in [5.41, 5.74) is 6.97. The van der Waals surface area contributed by atoms with E-state index in [9.17, 15) is 36.3 Å². The summed E-state index contributed by atoms with van der Waals surface area (Å²) in [5, 5.41) is 6.07. The zero-order valence-corrected chi connectivity index (χ0v) is 26.9. The van der Waals surface area contributed by atoms with Gasteiger partial charge in [-0.15, -0.1) is 0 Å². The Hall–Kier alpha value is -4.18. The molecule has 0 saturated carbocycles. The number of carbonyl (C=O) groups is 3. The van der Waals surface area contributed by atoms with Gasteiger partial charge >= 0.3 is 18.4 Å². The van der Waals surface area contributed by atoms with Gasteiger partial charge in [-0.25, -0.2) is 9.59 Å². The number of alkyl halides is 5. The van der Waals surface area contributed by atoms with Crippen molar-refractivity contribution in [2.45, 2.75) is 74.4 Å². The van der Waals surface area contributed by atoms with Crippen LogP contribution in [-0.4, -0.2) is 91.0 Å². The Labute approximate surface area is 280 Å². The van der Waals surface area contributed by atoms with E-state index in [-0.39, 0.29) is 62.7 Å². The van der Waals surface area contributed by atoms with Crippen LogP contribution in [0, 0.1) is 0 Å². The minimum atomic E-state index is -5.09. The van der Waals surface area contributed by atoms with Gasteiger partial charge in [0, 0.05) is 70.1 Å². The molecule has 5 rings (SSSR count). The summed E-state index contributed by atoms with van der Waals surface area (Å²) >= 11 is 0. The number of alkyl carbamates (subject to hydrolysis) is 1. The second-order valence-corrected chi connectivity index (χ2v) is 12.7. The van der Waals surface area contributed by atoms with Gasteiger partial charge in [0.15, 0.2) is 6.10 Å². The number of hydrogen-bond acceptors (Lipinski definition) is 8. The van der Waals surface area contributed by atoms with E-state index in [0.29, 0.717) is 38.4 Å². The van der Waals surface area contributed by atoms with E-state index in [0.717, 1.165) is 11.6 Å². The van der Waals surface area contributed by atoms with Crippen molar-refractivity contribution in [1.29, 1.82) is 0 Å². The molecule has 11 nitrogen and oxygen atoms in total. The number of amides is 3. The largest absolute Gasteiger partial charge is 0.438 e. The predicted molar refractivity (Wildman–Crippen MR) is 169 cm³/mol. The molecule has 3 fully saturated rings. The summed E-state index contributed by atoms with van der Waals surface area (Å²) in [6, 6.07) is 1.22. The lowest BCUT2D eigenvalue weighted by atomic mass is 9.77. The molecule has 3 saturated heterocycles. The quantitative estimate of drug-likeness (QED) is 0.172. The molecule has 6 N–H and O–H groups in total. The molecule has 1 aromatic rings. The van der Waals surface area contributed by atoms with E-state index in [1.54, 1.807) is 0 Å². The fraction of sp³-hybridized carbons (Fsp3) is 0.545. The molecule has 1 spiro atoms. The van der Waals surface area contributed by atoms with E-state index in [4.69, 9.17) is 20.9 Å². The van der Waals surface area contributed by atoms with Gasteiger partial charge in [-0.2, -0.15) is 22.0 Å². The van der Waals surface area contributed by atoms with Gasteiger partial charge in [0.05, 0.1) is 17.3 Å².